The minimum atomic E-state index is -1.75. The SMILES string of the molecule is O.O.O.O=[N+]([O-])[O-].O=[N+]([O-])[O-].O=[N+]([O-])[O-].[Lu+3]. The molecule has 0 amide bonds. The van der Waals surface area contributed by atoms with E-state index in [-0.39, 0.29) is 53.3 Å². The topological polar surface area (TPSA) is 293 Å². The van der Waals surface area contributed by atoms with Gasteiger partial charge in [0.25, 0.3) is 0 Å². The minimum absolute atomic E-state index is 0. The first-order valence-electron chi connectivity index (χ1n) is 1.64. The van der Waals surface area contributed by atoms with Gasteiger partial charge in [0.15, 0.2) is 0 Å². The van der Waals surface area contributed by atoms with Crippen molar-refractivity contribution in [1.82, 2.24) is 0 Å². The van der Waals surface area contributed by atoms with E-state index in [0.717, 1.165) is 0 Å². The van der Waals surface area contributed by atoms with Gasteiger partial charge in [0.2, 0.25) is 0 Å². The zero-order valence-electron chi connectivity index (χ0n) is 6.77. The predicted octanol–water partition coefficient (Wildman–Crippen LogP) is -3.19. The van der Waals surface area contributed by atoms with Gasteiger partial charge in [-0.1, -0.05) is 0 Å². The Balaban J connectivity index is -0.0000000135. The van der Waals surface area contributed by atoms with Gasteiger partial charge >= 0.3 is 36.9 Å². The van der Waals surface area contributed by atoms with E-state index >= 15 is 0 Å². The molecule has 0 fully saturated rings. The van der Waals surface area contributed by atoms with Crippen LogP contribution < -0.4 is 0 Å². The molecular formula is H6LuN3O12. The fourth-order valence-electron chi connectivity index (χ4n) is 0. The van der Waals surface area contributed by atoms with Crippen LogP contribution in [0, 0.1) is 82.8 Å². The van der Waals surface area contributed by atoms with Crippen LogP contribution in [0.25, 0.3) is 0 Å². The van der Waals surface area contributed by atoms with Crippen LogP contribution in [0.5, 0.6) is 0 Å². The Morgan fingerprint density at radius 3 is 0.500 bits per heavy atom. The average Bonchev–Trinajstić information content (AvgIpc) is 1.54. The molecule has 0 heterocycles. The summed E-state index contributed by atoms with van der Waals surface area (Å²) in [7, 11) is 0. The molecular weight excluding hydrogens is 409 g/mol. The summed E-state index contributed by atoms with van der Waals surface area (Å²) >= 11 is 0. The molecule has 15 nitrogen and oxygen atoms in total. The van der Waals surface area contributed by atoms with Crippen molar-refractivity contribution < 1.29 is 68.6 Å². The largest absolute Gasteiger partial charge is 3.00 e. The van der Waals surface area contributed by atoms with E-state index in [1.54, 1.807) is 0 Å². The Labute approximate surface area is 114 Å². The zero-order chi connectivity index (χ0) is 10.7. The number of hydrogen-bond acceptors (Lipinski definition) is 9. The van der Waals surface area contributed by atoms with E-state index in [9.17, 15) is 0 Å². The second-order valence-corrected chi connectivity index (χ2v) is 0.671. The molecule has 0 rings (SSSR count). The Kier molecular flexibility index (Phi) is 108. The van der Waals surface area contributed by atoms with Gasteiger partial charge in [0.05, 0.1) is 15.3 Å². The molecule has 6 N–H and O–H groups in total. The van der Waals surface area contributed by atoms with Crippen LogP contribution >= 0.6 is 0 Å². The van der Waals surface area contributed by atoms with Crippen LogP contribution in [-0.2, 0) is 0 Å². The molecule has 0 saturated heterocycles. The van der Waals surface area contributed by atoms with Crippen LogP contribution in [0.15, 0.2) is 0 Å². The Hall–Kier alpha value is -1.29. The molecule has 0 aromatic heterocycles. The molecule has 0 atom stereocenters. The Bertz CT molecular complexity index is 114. The standard InChI is InChI=1S/Lu.3NO3.3H2O/c;3*2-1(3)4;;;/h;;;;3*1H2/q+3;3*-1;;;. The van der Waals surface area contributed by atoms with Crippen LogP contribution in [0.1, 0.15) is 0 Å². The van der Waals surface area contributed by atoms with Gasteiger partial charge < -0.3 is 62.4 Å². The van der Waals surface area contributed by atoms with E-state index in [2.05, 4.69) is 0 Å². The normalized spacial score (nSPS) is 4.50. The molecule has 0 aromatic rings. The van der Waals surface area contributed by atoms with Crippen LogP contribution in [0.3, 0.4) is 0 Å². The first-order chi connectivity index (χ1) is 5.20. The smallest absolute Gasteiger partial charge is 0.412 e. The van der Waals surface area contributed by atoms with Gasteiger partial charge in [0.1, 0.15) is 0 Å². The first-order valence-corrected chi connectivity index (χ1v) is 1.64. The van der Waals surface area contributed by atoms with E-state index in [1.165, 1.54) is 0 Å². The molecule has 0 aliphatic rings. The summed E-state index contributed by atoms with van der Waals surface area (Å²) in [5.74, 6) is 0. The van der Waals surface area contributed by atoms with Crippen molar-refractivity contribution in [2.45, 2.75) is 0 Å². The Morgan fingerprint density at radius 2 is 0.500 bits per heavy atom. The molecule has 0 unspecified atom stereocenters. The molecule has 0 aliphatic carbocycles. The third-order valence-corrected chi connectivity index (χ3v) is 0. The van der Waals surface area contributed by atoms with Crippen molar-refractivity contribution in [1.29, 1.82) is 0 Å². The molecule has 108 valence electrons. The summed E-state index contributed by atoms with van der Waals surface area (Å²) in [6.07, 6.45) is 0. The predicted molar refractivity (Wildman–Crippen MR) is 41.9 cm³/mol. The molecule has 0 aliphatic heterocycles. The average molecular weight is 415 g/mol. The van der Waals surface area contributed by atoms with Crippen molar-refractivity contribution in [3.05, 3.63) is 46.0 Å². The van der Waals surface area contributed by atoms with Crippen molar-refractivity contribution in [3.63, 3.8) is 0 Å². The molecule has 0 aromatic carbocycles. The van der Waals surface area contributed by atoms with Crippen LogP contribution in [0.4, 0.5) is 0 Å². The molecule has 16 heteroatoms. The van der Waals surface area contributed by atoms with Crippen molar-refractivity contribution in [2.24, 2.45) is 0 Å². The van der Waals surface area contributed by atoms with Crippen LogP contribution in [-0.4, -0.2) is 31.7 Å². The summed E-state index contributed by atoms with van der Waals surface area (Å²) in [6.45, 7) is 0. The summed E-state index contributed by atoms with van der Waals surface area (Å²) in [5, 5.41) is 44.2. The third kappa shape index (κ3) is 1050. The fraction of sp³-hybridized carbons (Fsp3) is 0. The fourth-order valence-corrected chi connectivity index (χ4v) is 0. The van der Waals surface area contributed by atoms with Gasteiger partial charge in [0, 0.05) is 0 Å². The number of rotatable bonds is 0. The molecule has 0 bridgehead atoms. The number of hydrogen-bond donors (Lipinski definition) is 0. The summed E-state index contributed by atoms with van der Waals surface area (Å²) < 4.78 is 0. The van der Waals surface area contributed by atoms with Gasteiger partial charge in [-0.25, -0.2) is 0 Å². The van der Waals surface area contributed by atoms with Gasteiger partial charge in [-0.3, -0.25) is 0 Å². The van der Waals surface area contributed by atoms with E-state index in [4.69, 9.17) is 46.0 Å². The summed E-state index contributed by atoms with van der Waals surface area (Å²) in [6, 6.07) is 0. The van der Waals surface area contributed by atoms with E-state index in [1.807, 2.05) is 0 Å². The van der Waals surface area contributed by atoms with Crippen molar-refractivity contribution >= 4 is 0 Å². The quantitative estimate of drug-likeness (QED) is 0.284. The van der Waals surface area contributed by atoms with E-state index in [0.29, 0.717) is 0 Å². The van der Waals surface area contributed by atoms with Gasteiger partial charge in [-0.2, -0.15) is 0 Å². The van der Waals surface area contributed by atoms with Crippen molar-refractivity contribution in [3.8, 4) is 0 Å². The first kappa shape index (κ1) is 46.5. The van der Waals surface area contributed by atoms with Crippen molar-refractivity contribution in [2.75, 3.05) is 0 Å². The summed E-state index contributed by atoms with van der Waals surface area (Å²) in [5.41, 5.74) is 0. The third-order valence-electron chi connectivity index (χ3n) is 0. The molecule has 0 radical (unpaired) electrons. The maximum atomic E-state index is 8.25. The summed E-state index contributed by atoms with van der Waals surface area (Å²) in [4.78, 5) is 24.8. The minimum Gasteiger partial charge on any atom is -0.412 e. The van der Waals surface area contributed by atoms with Gasteiger partial charge in [-0.05, 0) is 0 Å². The monoisotopic (exact) mass is 415 g/mol. The van der Waals surface area contributed by atoms with Crippen LogP contribution in [0.2, 0.25) is 0 Å². The zero-order valence-corrected chi connectivity index (χ0v) is 8.43. The molecule has 0 spiro atoms. The molecule has 0 saturated carbocycles. The second kappa shape index (κ2) is 37.3. The van der Waals surface area contributed by atoms with E-state index < -0.39 is 15.3 Å². The second-order valence-electron chi connectivity index (χ2n) is 0.671. The molecule has 16 heavy (non-hydrogen) atoms. The number of nitrogens with zero attached hydrogens (tertiary/aromatic N) is 3. The van der Waals surface area contributed by atoms with Gasteiger partial charge in [-0.15, -0.1) is 0 Å². The Morgan fingerprint density at radius 1 is 0.500 bits per heavy atom. The maximum Gasteiger partial charge on any atom is 3.00 e. The maximum absolute atomic E-state index is 8.25.